The fourth-order valence-electron chi connectivity index (χ4n) is 12.2. The maximum Gasteiger partial charge on any atom is 0.271 e. The summed E-state index contributed by atoms with van der Waals surface area (Å²) in [6.07, 6.45) is 0.572. The van der Waals surface area contributed by atoms with Gasteiger partial charge < -0.3 is 56.1 Å². The molecule has 10 bridgehead atoms. The number of nitrogens with one attached hydrogen (secondary N) is 4. The molecule has 2 fully saturated rings. The van der Waals surface area contributed by atoms with E-state index in [1.165, 1.54) is 34.0 Å². The van der Waals surface area contributed by atoms with E-state index in [0.29, 0.717) is 96.3 Å². The fourth-order valence-corrected chi connectivity index (χ4v) is 17.4. The highest BCUT2D eigenvalue weighted by atomic mass is 32.1. The topological polar surface area (TPSA) is 343 Å². The lowest BCUT2D eigenvalue weighted by molar-refractivity contribution is -0.924. The van der Waals surface area contributed by atoms with Crippen molar-refractivity contribution in [1.82, 2.24) is 66.0 Å². The minimum Gasteiger partial charge on any atom is -0.550 e. The van der Waals surface area contributed by atoms with E-state index in [4.69, 9.17) is 30.4 Å². The predicted octanol–water partition coefficient (Wildman–Crippen LogP) is 6.92. The second-order valence-electron chi connectivity index (χ2n) is 24.1. The molecule has 9 heterocycles. The number of carbonyl (C=O) groups is 7. The van der Waals surface area contributed by atoms with E-state index in [1.807, 2.05) is 41.9 Å². The molecule has 0 radical (unpaired) electrons. The Bertz CT molecular complexity index is 4130. The van der Waals surface area contributed by atoms with Gasteiger partial charge in [-0.15, -0.1) is 68.0 Å². The summed E-state index contributed by atoms with van der Waals surface area (Å²) in [6.45, 7) is 19.6. The van der Waals surface area contributed by atoms with Crippen molar-refractivity contribution in [3.63, 3.8) is 0 Å². The van der Waals surface area contributed by atoms with Crippen LogP contribution in [0, 0.1) is 18.8 Å². The van der Waals surface area contributed by atoms with Crippen LogP contribution in [0.4, 0.5) is 0 Å². The Morgan fingerprint density at radius 1 is 0.729 bits per heavy atom. The van der Waals surface area contributed by atoms with Crippen LogP contribution in [-0.4, -0.2) is 173 Å². The Morgan fingerprint density at radius 2 is 1.40 bits per heavy atom. The smallest absolute Gasteiger partial charge is 0.271 e. The number of aliphatic carboxylic acids is 1. The Morgan fingerprint density at radius 3 is 2.11 bits per heavy atom. The van der Waals surface area contributed by atoms with Crippen molar-refractivity contribution in [2.45, 2.75) is 117 Å². The Balaban J connectivity index is 0.915. The number of carbonyl (C=O) groups excluding carboxylic acids is 7. The summed E-state index contributed by atoms with van der Waals surface area (Å²) >= 11 is 7.22. The van der Waals surface area contributed by atoms with Gasteiger partial charge in [-0.2, -0.15) is 0 Å². The van der Waals surface area contributed by atoms with E-state index in [1.54, 1.807) is 40.1 Å². The molecule has 5 atom stereocenters. The SMILES string of the molecule is CCN(CC)CC[N+](CC)(CC)CCOc1ccc(C[C@@H]2NC(=O)c3csc(n3)CNC(=O)c3nc(sc3C)[C@H](CC(N)=O)NC(=O)c3csc(n3)-c3ccc(-c4nc(C(=O)NC5CCC(C(=O)[O-])CC5)cs4)nc3-c3csc(n3)-c3csc(n3)[C@@H]3[C@@H](C)[C@@H](O)CN3C2=O)cc1. The van der Waals surface area contributed by atoms with Crippen molar-refractivity contribution in [3.05, 3.63) is 112 Å². The number of aliphatic hydroxyl groups is 1. The van der Waals surface area contributed by atoms with Crippen LogP contribution in [0.25, 0.3) is 43.4 Å². The van der Waals surface area contributed by atoms with E-state index in [0.717, 1.165) is 89.9 Å². The molecule has 1 aliphatic carbocycles. The number of nitrogens with two attached hydrogens (primary N) is 1. The number of benzene rings is 1. The molecule has 11 rings (SSSR count). The van der Waals surface area contributed by atoms with Crippen molar-refractivity contribution in [2.24, 2.45) is 17.6 Å². The predicted molar refractivity (Wildman–Crippen MR) is 366 cm³/mol. The van der Waals surface area contributed by atoms with Crippen molar-refractivity contribution >= 4 is 109 Å². The summed E-state index contributed by atoms with van der Waals surface area (Å²) in [5.41, 5.74) is 8.87. The van der Waals surface area contributed by atoms with Gasteiger partial charge in [-0.3, -0.25) is 33.7 Å². The molecular formula is C65H75N15O10S6. The van der Waals surface area contributed by atoms with E-state index in [9.17, 15) is 39.0 Å². The number of pyridine rings is 1. The Hall–Kier alpha value is -7.88. The summed E-state index contributed by atoms with van der Waals surface area (Å²) < 4.78 is 7.27. The number of aromatic nitrogens is 7. The summed E-state index contributed by atoms with van der Waals surface area (Å²) in [5.74, 6) is -4.88. The van der Waals surface area contributed by atoms with Gasteiger partial charge >= 0.3 is 0 Å². The molecule has 6 amide bonds. The number of aryl methyl sites for hydroxylation is 1. The third-order valence-corrected chi connectivity index (χ3v) is 23.7. The molecule has 96 heavy (non-hydrogen) atoms. The maximum absolute atomic E-state index is 15.4. The molecule has 0 spiro atoms. The number of amides is 6. The van der Waals surface area contributed by atoms with Crippen LogP contribution in [0.15, 0.2) is 63.3 Å². The first-order valence-corrected chi connectivity index (χ1v) is 37.2. The summed E-state index contributed by atoms with van der Waals surface area (Å²) in [7, 11) is 0. The number of rotatable bonds is 19. The van der Waals surface area contributed by atoms with Crippen LogP contribution in [0.2, 0.25) is 0 Å². The second-order valence-corrected chi connectivity index (χ2v) is 29.8. The Labute approximate surface area is 578 Å². The third kappa shape index (κ3) is 15.9. The molecule has 8 aromatic rings. The molecule has 1 saturated heterocycles. The van der Waals surface area contributed by atoms with E-state index in [-0.39, 0.29) is 59.8 Å². The number of hydrogen-bond acceptors (Lipinski definition) is 24. The third-order valence-electron chi connectivity index (χ3n) is 18.2. The van der Waals surface area contributed by atoms with Crippen molar-refractivity contribution < 1.29 is 53.0 Å². The van der Waals surface area contributed by atoms with Gasteiger partial charge in [-0.05, 0) is 95.3 Å². The molecule has 25 nitrogen and oxygen atoms in total. The summed E-state index contributed by atoms with van der Waals surface area (Å²) in [4.78, 5) is 134. The van der Waals surface area contributed by atoms with Gasteiger partial charge in [0, 0.05) is 74.8 Å². The number of fused-ring (bicyclic) bond motifs is 16. The number of ether oxygens (including phenoxy) is 1. The molecule has 506 valence electrons. The van der Waals surface area contributed by atoms with Crippen molar-refractivity contribution in [3.8, 4) is 49.1 Å². The minimum absolute atomic E-state index is 0.00522. The van der Waals surface area contributed by atoms with Crippen LogP contribution in [-0.2, 0) is 27.3 Å². The van der Waals surface area contributed by atoms with Crippen LogP contribution in [0.3, 0.4) is 0 Å². The molecule has 3 aliphatic rings. The van der Waals surface area contributed by atoms with Crippen LogP contribution >= 0.6 is 68.0 Å². The number of carboxylic acid groups (broad SMARTS) is 1. The summed E-state index contributed by atoms with van der Waals surface area (Å²) in [5, 5.41) is 45.6. The maximum atomic E-state index is 15.4. The van der Waals surface area contributed by atoms with Gasteiger partial charge in [0.25, 0.3) is 23.6 Å². The number of quaternary nitrogens is 1. The largest absolute Gasteiger partial charge is 0.550 e. The Kier molecular flexibility index (Phi) is 22.2. The number of thiazole rings is 6. The first kappa shape index (κ1) is 69.5. The van der Waals surface area contributed by atoms with Gasteiger partial charge in [0.15, 0.2) is 0 Å². The average molecular weight is 1420 g/mol. The highest BCUT2D eigenvalue weighted by Gasteiger charge is 2.45. The van der Waals surface area contributed by atoms with Crippen molar-refractivity contribution in [1.29, 1.82) is 0 Å². The van der Waals surface area contributed by atoms with E-state index < -0.39 is 77.5 Å². The standard InChI is InChI=1S/C65H75N15O10S6/c1-7-78(8-2)21-22-80(9-3,10-4)23-24-90-39-17-11-36(12-18-39)25-43-64(87)79-28-49(81)34(5)54(79)63-76-48(33-95-63)61-73-44(29-93-61)53-40(19-20-41(70-53)60-75-46(32-94-60)55(83)68-38-15-13-37(14-16-38)65(88)89)59-74-47(31-92-59)57(85)71-42(26-50(66)82)62-77-52(35(6)96-62)58(86)67-27-51-69-45(30-91-51)56(84)72-43/h11-12,17-20,29-34,37-38,42-43,49,54,81H,7-10,13-16,21-28H2,1-6H3,(H6-,66,67,68,71,72,82,83,84,85,86,88,89)/t34-,37?,38?,42-,43-,49-,54-/m0/s1. The molecule has 7 aromatic heterocycles. The van der Waals surface area contributed by atoms with E-state index >= 15 is 4.79 Å². The van der Waals surface area contributed by atoms with Gasteiger partial charge in [0.1, 0.15) is 94.8 Å². The van der Waals surface area contributed by atoms with Crippen LogP contribution in [0.5, 0.6) is 5.75 Å². The van der Waals surface area contributed by atoms with Crippen molar-refractivity contribution in [2.75, 3.05) is 59.0 Å². The zero-order chi connectivity index (χ0) is 67.9. The van der Waals surface area contributed by atoms with Gasteiger partial charge in [0.05, 0.1) is 56.5 Å². The van der Waals surface area contributed by atoms with Gasteiger partial charge in [-0.1, -0.05) is 32.9 Å². The molecule has 1 aromatic carbocycles. The lowest BCUT2D eigenvalue weighted by Gasteiger charge is -2.38. The second kappa shape index (κ2) is 30.7. The monoisotopic (exact) mass is 1420 g/mol. The lowest BCUT2D eigenvalue weighted by Crippen LogP contribution is -2.53. The quantitative estimate of drug-likeness (QED) is 0.0447. The minimum atomic E-state index is -1.15. The molecule has 1 saturated carbocycles. The van der Waals surface area contributed by atoms with Gasteiger partial charge in [0.2, 0.25) is 11.8 Å². The number of aliphatic hydroxyl groups excluding tert-OH is 1. The highest BCUT2D eigenvalue weighted by molar-refractivity contribution is 7.15. The molecule has 31 heteroatoms. The zero-order valence-electron chi connectivity index (χ0n) is 53.8. The molecule has 0 unspecified atom stereocenters. The number of nitrogens with zero attached hydrogens (tertiary/aromatic N) is 10. The normalized spacial score (nSPS) is 20.3. The number of primary amides is 1. The zero-order valence-corrected chi connectivity index (χ0v) is 58.7. The molecular weight excluding hydrogens is 1340 g/mol. The van der Waals surface area contributed by atoms with Crippen LogP contribution in [0.1, 0.15) is 146 Å². The first-order chi connectivity index (χ1) is 46.2. The molecule has 7 N–H and O–H groups in total. The van der Waals surface area contributed by atoms with Gasteiger partial charge in [-0.25, -0.2) is 34.9 Å². The summed E-state index contributed by atoms with van der Waals surface area (Å²) in [6, 6.07) is 7.89. The number of hydrogen-bond donors (Lipinski definition) is 6. The number of likely N-dealkylation sites (N-methyl/N-ethyl adjacent to an activating group) is 2. The lowest BCUT2D eigenvalue weighted by atomic mass is 9.86. The fraction of sp³-hybridized carbons (Fsp3) is 0.446. The molecule has 2 aliphatic heterocycles. The average Bonchev–Trinajstić information content (AvgIpc) is 1.61. The highest BCUT2D eigenvalue weighted by Crippen LogP contribution is 2.43. The van der Waals surface area contributed by atoms with Crippen LogP contribution < -0.4 is 36.8 Å². The number of carboxylic acids is 1. The first-order valence-electron chi connectivity index (χ1n) is 32.0. The van der Waals surface area contributed by atoms with E-state index in [2.05, 4.69) is 68.8 Å².